The highest BCUT2D eigenvalue weighted by Gasteiger charge is 2.13. The topological polar surface area (TPSA) is 40.5 Å². The molecule has 1 aromatic rings. The highest BCUT2D eigenvalue weighted by atomic mass is 32.9. The first-order valence-corrected chi connectivity index (χ1v) is 8.26. The van der Waals surface area contributed by atoms with Crippen molar-refractivity contribution in [3.05, 3.63) is 28.8 Å². The van der Waals surface area contributed by atoms with Crippen molar-refractivity contribution in [3.63, 3.8) is 0 Å². The van der Waals surface area contributed by atoms with Gasteiger partial charge in [0.05, 0.1) is 0 Å². The summed E-state index contributed by atoms with van der Waals surface area (Å²) < 4.78 is 0. The molecule has 1 aromatic carbocycles. The van der Waals surface area contributed by atoms with E-state index in [-0.39, 0.29) is 0 Å². The van der Waals surface area contributed by atoms with Crippen LogP contribution in [0.1, 0.15) is 16.7 Å². The van der Waals surface area contributed by atoms with Crippen LogP contribution in [0.3, 0.4) is 0 Å². The van der Waals surface area contributed by atoms with E-state index in [1.165, 1.54) is 11.1 Å². The lowest BCUT2D eigenvalue weighted by Gasteiger charge is -2.12. The van der Waals surface area contributed by atoms with E-state index in [2.05, 4.69) is 11.8 Å². The van der Waals surface area contributed by atoms with Crippen LogP contribution in [0.15, 0.2) is 17.0 Å². The van der Waals surface area contributed by atoms with Gasteiger partial charge in [-0.2, -0.15) is 0 Å². The predicted octanol–water partition coefficient (Wildman–Crippen LogP) is 2.91. The fourth-order valence-electron chi connectivity index (χ4n) is 1.16. The summed E-state index contributed by atoms with van der Waals surface area (Å²) in [7, 11) is 0. The fraction of sp³-hybridized carbons (Fsp3) is 0.333. The molecule has 0 aliphatic rings. The van der Waals surface area contributed by atoms with Crippen molar-refractivity contribution in [2.75, 3.05) is 0 Å². The first-order chi connectivity index (χ1) is 6.31. The van der Waals surface area contributed by atoms with Gasteiger partial charge in [-0.25, -0.2) is 0 Å². The number of hydrogen-bond donors (Lipinski definition) is 2. The Morgan fingerprint density at radius 1 is 1.14 bits per heavy atom. The van der Waals surface area contributed by atoms with Crippen LogP contribution < -0.4 is 0 Å². The average Bonchev–Trinajstić information content (AvgIpc) is 2.04. The van der Waals surface area contributed by atoms with E-state index >= 15 is 0 Å². The SMILES string of the molecule is Cc1ccc(SP(O)(O)=S)c(C)c1C. The van der Waals surface area contributed by atoms with Crippen LogP contribution in [0, 0.1) is 20.8 Å². The molecule has 0 bridgehead atoms. The molecule has 0 radical (unpaired) electrons. The molecule has 5 heteroatoms. The molecular weight excluding hydrogens is 235 g/mol. The summed E-state index contributed by atoms with van der Waals surface area (Å²) in [6.07, 6.45) is 0. The molecule has 0 spiro atoms. The molecule has 0 atom stereocenters. The Labute approximate surface area is 93.3 Å². The molecule has 78 valence electrons. The summed E-state index contributed by atoms with van der Waals surface area (Å²) in [4.78, 5) is 19.3. The lowest BCUT2D eigenvalue weighted by Crippen LogP contribution is -1.88. The minimum absolute atomic E-state index is 0.862. The van der Waals surface area contributed by atoms with Gasteiger partial charge < -0.3 is 9.79 Å². The third kappa shape index (κ3) is 3.07. The third-order valence-electron chi connectivity index (χ3n) is 2.23. The molecule has 0 unspecified atom stereocenters. The van der Waals surface area contributed by atoms with Gasteiger partial charge in [0.25, 0.3) is 0 Å². The zero-order chi connectivity index (χ0) is 10.9. The van der Waals surface area contributed by atoms with Gasteiger partial charge in [0.1, 0.15) is 0 Å². The monoisotopic (exact) mass is 248 g/mol. The maximum absolute atomic E-state index is 9.20. The molecule has 0 heterocycles. The molecule has 0 saturated carbocycles. The quantitative estimate of drug-likeness (QED) is 0.789. The Bertz CT molecular complexity index is 398. The van der Waals surface area contributed by atoms with Crippen molar-refractivity contribution < 1.29 is 9.79 Å². The van der Waals surface area contributed by atoms with Crippen molar-refractivity contribution in [1.29, 1.82) is 0 Å². The van der Waals surface area contributed by atoms with E-state index in [9.17, 15) is 9.79 Å². The highest BCUT2D eigenvalue weighted by molar-refractivity contribution is 8.67. The van der Waals surface area contributed by atoms with Gasteiger partial charge in [-0.3, -0.25) is 0 Å². The highest BCUT2D eigenvalue weighted by Crippen LogP contribution is 2.55. The molecule has 0 aliphatic carbocycles. The maximum atomic E-state index is 9.20. The van der Waals surface area contributed by atoms with Crippen LogP contribution in [-0.2, 0) is 11.8 Å². The first kappa shape index (κ1) is 12.2. The Balaban J connectivity index is 3.12. The van der Waals surface area contributed by atoms with E-state index in [4.69, 9.17) is 0 Å². The molecule has 0 aromatic heterocycles. The second kappa shape index (κ2) is 4.33. The second-order valence-electron chi connectivity index (χ2n) is 3.21. The summed E-state index contributed by atoms with van der Waals surface area (Å²) in [5.41, 5.74) is 0.260. The molecule has 2 nitrogen and oxygen atoms in total. The van der Waals surface area contributed by atoms with Crippen LogP contribution in [0.2, 0.25) is 0 Å². The summed E-state index contributed by atoms with van der Waals surface area (Å²) in [6, 6.07) is 3.85. The van der Waals surface area contributed by atoms with Gasteiger partial charge >= 0.3 is 0 Å². The van der Waals surface area contributed by atoms with Crippen LogP contribution in [0.4, 0.5) is 0 Å². The van der Waals surface area contributed by atoms with Gasteiger partial charge in [0, 0.05) is 4.90 Å². The van der Waals surface area contributed by atoms with Crippen molar-refractivity contribution in [1.82, 2.24) is 0 Å². The predicted molar refractivity (Wildman–Crippen MR) is 65.2 cm³/mol. The molecule has 0 amide bonds. The van der Waals surface area contributed by atoms with Crippen LogP contribution >= 0.6 is 17.1 Å². The zero-order valence-electron chi connectivity index (χ0n) is 8.31. The van der Waals surface area contributed by atoms with Gasteiger partial charge in [-0.05, 0) is 66.7 Å². The lowest BCUT2D eigenvalue weighted by atomic mass is 10.1. The van der Waals surface area contributed by atoms with E-state index in [1.807, 2.05) is 32.9 Å². The summed E-state index contributed by atoms with van der Waals surface area (Å²) >= 11 is 5.58. The minimum Gasteiger partial charge on any atom is -0.337 e. The number of aryl methyl sites for hydroxylation is 1. The van der Waals surface area contributed by atoms with E-state index in [0.717, 1.165) is 21.8 Å². The van der Waals surface area contributed by atoms with Crippen molar-refractivity contribution >= 4 is 28.9 Å². The van der Waals surface area contributed by atoms with Gasteiger partial charge in [-0.1, -0.05) is 6.07 Å². The average molecular weight is 248 g/mol. The Kier molecular flexibility index (Phi) is 3.78. The molecule has 2 N–H and O–H groups in total. The van der Waals surface area contributed by atoms with Gasteiger partial charge in [0.15, 0.2) is 0 Å². The summed E-state index contributed by atoms with van der Waals surface area (Å²) in [5, 5.41) is 0. The number of rotatable bonds is 2. The summed E-state index contributed by atoms with van der Waals surface area (Å²) in [5.74, 6) is 0. The van der Waals surface area contributed by atoms with Crippen molar-refractivity contribution in [2.45, 2.75) is 25.7 Å². The van der Waals surface area contributed by atoms with Gasteiger partial charge in [0.2, 0.25) is 5.69 Å². The molecule has 0 fully saturated rings. The smallest absolute Gasteiger partial charge is 0.246 e. The van der Waals surface area contributed by atoms with Crippen LogP contribution in [0.5, 0.6) is 0 Å². The summed E-state index contributed by atoms with van der Waals surface area (Å²) in [6.45, 7) is 6.02. The van der Waals surface area contributed by atoms with Gasteiger partial charge in [-0.15, -0.1) is 0 Å². The van der Waals surface area contributed by atoms with Crippen LogP contribution in [-0.4, -0.2) is 9.79 Å². The molecule has 14 heavy (non-hydrogen) atoms. The molecule has 1 rings (SSSR count). The third-order valence-corrected chi connectivity index (χ3v) is 5.08. The normalized spacial score (nSPS) is 11.8. The Morgan fingerprint density at radius 2 is 1.71 bits per heavy atom. The molecule has 0 aliphatic heterocycles. The standard InChI is InChI=1S/C9H13O2PS2/c1-6-4-5-9(8(3)7(6)2)14-12(10,11)13/h4-5H,1-3H3,(H2,10,11,13). The fourth-order valence-corrected chi connectivity index (χ4v) is 3.92. The van der Waals surface area contributed by atoms with Crippen LogP contribution in [0.25, 0.3) is 0 Å². The Morgan fingerprint density at radius 3 is 2.21 bits per heavy atom. The van der Waals surface area contributed by atoms with Crippen molar-refractivity contribution in [2.24, 2.45) is 0 Å². The van der Waals surface area contributed by atoms with E-state index in [0.29, 0.717) is 0 Å². The van der Waals surface area contributed by atoms with Crippen molar-refractivity contribution in [3.8, 4) is 0 Å². The maximum Gasteiger partial charge on any atom is 0.246 e. The zero-order valence-corrected chi connectivity index (χ0v) is 10.8. The second-order valence-corrected chi connectivity index (χ2v) is 9.11. The number of benzene rings is 1. The molecule has 0 saturated heterocycles. The lowest BCUT2D eigenvalue weighted by molar-refractivity contribution is 0.502. The number of hydrogen-bond acceptors (Lipinski definition) is 2. The minimum atomic E-state index is -3.20. The largest absolute Gasteiger partial charge is 0.337 e. The van der Waals surface area contributed by atoms with E-state index in [1.54, 1.807) is 0 Å². The Hall–Kier alpha value is 0.140. The first-order valence-electron chi connectivity index (χ1n) is 4.13. The molecular formula is C9H13O2PS2. The van der Waals surface area contributed by atoms with E-state index < -0.39 is 5.69 Å².